The monoisotopic (exact) mass is 502 g/mol. The lowest BCUT2D eigenvalue weighted by Crippen LogP contribution is -2.40. The summed E-state index contributed by atoms with van der Waals surface area (Å²) in [7, 11) is 0. The number of ether oxygens (including phenoxy) is 1. The molecule has 190 valence electrons. The number of rotatable bonds is 7. The van der Waals surface area contributed by atoms with Crippen LogP contribution in [0.1, 0.15) is 48.3 Å². The predicted molar refractivity (Wildman–Crippen MR) is 138 cm³/mol. The number of aromatic amines is 1. The molecule has 5 rings (SSSR count). The number of aliphatic hydroxyl groups is 1. The molecule has 0 radical (unpaired) electrons. The van der Waals surface area contributed by atoms with Gasteiger partial charge in [0, 0.05) is 34.0 Å². The van der Waals surface area contributed by atoms with Crippen molar-refractivity contribution in [3.63, 3.8) is 0 Å². The van der Waals surface area contributed by atoms with Gasteiger partial charge in [-0.3, -0.25) is 9.59 Å². The number of hydrogen-bond acceptors (Lipinski definition) is 6. The Morgan fingerprint density at radius 1 is 1.19 bits per heavy atom. The van der Waals surface area contributed by atoms with Crippen LogP contribution in [0.25, 0.3) is 22.2 Å². The number of fused-ring (bicyclic) bond motifs is 2. The number of nitrogens with one attached hydrogen (secondary N) is 1. The fraction of sp³-hybridized carbons (Fsp3) is 0.250. The number of Topliss-reactive ketones (excluding diaryl/α,β-unsaturated/α-hetero) is 1. The minimum atomic E-state index is -1.53. The molecule has 0 fully saturated rings. The van der Waals surface area contributed by atoms with E-state index in [4.69, 9.17) is 16.2 Å². The van der Waals surface area contributed by atoms with Crippen LogP contribution in [0.3, 0.4) is 0 Å². The summed E-state index contributed by atoms with van der Waals surface area (Å²) in [5, 5.41) is 12.4. The third-order valence-corrected chi connectivity index (χ3v) is 7.09. The van der Waals surface area contributed by atoms with E-state index in [2.05, 4.69) is 9.97 Å². The van der Waals surface area contributed by atoms with Gasteiger partial charge in [0.15, 0.2) is 5.78 Å². The topological polar surface area (TPSA) is 144 Å². The first kappa shape index (κ1) is 24.5. The number of amides is 1. The van der Waals surface area contributed by atoms with Crippen molar-refractivity contribution in [1.29, 1.82) is 0 Å². The van der Waals surface area contributed by atoms with Gasteiger partial charge in [-0.25, -0.2) is 9.37 Å². The van der Waals surface area contributed by atoms with Crippen molar-refractivity contribution in [2.75, 3.05) is 12.3 Å². The Bertz CT molecular complexity index is 1540. The Balaban J connectivity index is 1.49. The molecule has 1 amide bonds. The second kappa shape index (κ2) is 8.70. The molecule has 0 saturated carbocycles. The third-order valence-electron chi connectivity index (χ3n) is 7.09. The van der Waals surface area contributed by atoms with Gasteiger partial charge in [-0.15, -0.1) is 0 Å². The van der Waals surface area contributed by atoms with Crippen LogP contribution in [-0.2, 0) is 15.8 Å². The molecule has 1 aliphatic rings. The maximum atomic E-state index is 13.6. The first-order valence-corrected chi connectivity index (χ1v) is 11.9. The number of aromatic nitrogens is 2. The molecule has 0 unspecified atom stereocenters. The van der Waals surface area contributed by atoms with Gasteiger partial charge >= 0.3 is 0 Å². The highest BCUT2D eigenvalue weighted by Gasteiger charge is 2.45. The van der Waals surface area contributed by atoms with E-state index in [0.29, 0.717) is 34.0 Å². The molecule has 0 bridgehead atoms. The highest BCUT2D eigenvalue weighted by Crippen LogP contribution is 2.46. The number of benzene rings is 2. The molecule has 8 nitrogen and oxygen atoms in total. The standard InChI is InChI=1S/C28H27FN4O4/c1-27(26(31)35)14-37-25-19(27)13-22(33-24(25)15-5-7-18(29)8-6-15)28(2,36)10-9-21(34)17-4-3-16-12-23(30)32-20(16)11-17/h3-8,11-13,32,36H,9-10,14,30H2,1-2H3,(H2,31,35)/t27-,28-/m0/s1. The number of halogens is 1. The fourth-order valence-electron chi connectivity index (χ4n) is 4.62. The summed E-state index contributed by atoms with van der Waals surface area (Å²) < 4.78 is 19.4. The van der Waals surface area contributed by atoms with Gasteiger partial charge in [0.25, 0.3) is 0 Å². The van der Waals surface area contributed by atoms with E-state index in [-0.39, 0.29) is 30.9 Å². The molecule has 9 heteroatoms. The van der Waals surface area contributed by atoms with Gasteiger partial charge in [-0.2, -0.15) is 0 Å². The Labute approximate surface area is 212 Å². The van der Waals surface area contributed by atoms with Crippen molar-refractivity contribution in [2.45, 2.75) is 37.7 Å². The van der Waals surface area contributed by atoms with E-state index >= 15 is 0 Å². The second-order valence-electron chi connectivity index (χ2n) is 9.95. The van der Waals surface area contributed by atoms with Crippen LogP contribution in [-0.4, -0.2) is 33.4 Å². The van der Waals surface area contributed by atoms with E-state index in [1.165, 1.54) is 12.1 Å². The molecule has 2 atom stereocenters. The summed E-state index contributed by atoms with van der Waals surface area (Å²) >= 11 is 0. The van der Waals surface area contributed by atoms with Crippen LogP contribution in [0.15, 0.2) is 54.6 Å². The number of hydrogen-bond donors (Lipinski definition) is 4. The van der Waals surface area contributed by atoms with Gasteiger partial charge in [-0.05, 0) is 62.7 Å². The molecule has 2 aromatic carbocycles. The van der Waals surface area contributed by atoms with Crippen LogP contribution in [0, 0.1) is 5.82 Å². The zero-order valence-electron chi connectivity index (χ0n) is 20.5. The van der Waals surface area contributed by atoms with Gasteiger partial charge in [0.05, 0.1) is 5.69 Å². The first-order valence-electron chi connectivity index (χ1n) is 11.9. The Morgan fingerprint density at radius 2 is 1.92 bits per heavy atom. The average Bonchev–Trinajstić information content (AvgIpc) is 3.41. The molecular weight excluding hydrogens is 475 g/mol. The van der Waals surface area contributed by atoms with E-state index in [1.807, 2.05) is 6.07 Å². The Hall–Kier alpha value is -4.24. The number of ketones is 1. The van der Waals surface area contributed by atoms with E-state index in [9.17, 15) is 19.1 Å². The number of primary amides is 1. The van der Waals surface area contributed by atoms with E-state index < -0.39 is 22.7 Å². The van der Waals surface area contributed by atoms with Crippen molar-refractivity contribution >= 4 is 28.4 Å². The molecule has 37 heavy (non-hydrogen) atoms. The van der Waals surface area contributed by atoms with Gasteiger partial charge in [0.1, 0.15) is 40.7 Å². The third kappa shape index (κ3) is 4.31. The maximum absolute atomic E-state index is 13.6. The molecule has 6 N–H and O–H groups in total. The van der Waals surface area contributed by atoms with Crippen LogP contribution < -0.4 is 16.2 Å². The average molecular weight is 503 g/mol. The number of pyridine rings is 1. The highest BCUT2D eigenvalue weighted by molar-refractivity contribution is 6.00. The summed E-state index contributed by atoms with van der Waals surface area (Å²) in [6, 6.07) is 14.4. The predicted octanol–water partition coefficient (Wildman–Crippen LogP) is 3.96. The van der Waals surface area contributed by atoms with Crippen LogP contribution in [0.4, 0.5) is 10.2 Å². The number of nitrogens with zero attached hydrogens (tertiary/aromatic N) is 1. The van der Waals surface area contributed by atoms with Crippen molar-refractivity contribution < 1.29 is 23.8 Å². The van der Waals surface area contributed by atoms with Crippen LogP contribution in [0.5, 0.6) is 5.75 Å². The number of carbonyl (C=O) groups is 2. The van der Waals surface area contributed by atoms with Crippen LogP contribution in [0.2, 0.25) is 0 Å². The lowest BCUT2D eigenvalue weighted by Gasteiger charge is -2.26. The van der Waals surface area contributed by atoms with Crippen molar-refractivity contribution in [3.8, 4) is 17.0 Å². The first-order chi connectivity index (χ1) is 17.5. The smallest absolute Gasteiger partial charge is 0.231 e. The summed E-state index contributed by atoms with van der Waals surface area (Å²) in [4.78, 5) is 33.0. The molecule has 3 heterocycles. The number of anilines is 1. The Morgan fingerprint density at radius 3 is 2.62 bits per heavy atom. The van der Waals surface area contributed by atoms with Gasteiger partial charge in [0.2, 0.25) is 5.91 Å². The van der Waals surface area contributed by atoms with Crippen molar-refractivity contribution in [3.05, 3.63) is 77.2 Å². The number of H-pyrrole nitrogens is 1. The Kier molecular flexibility index (Phi) is 5.75. The second-order valence-corrected chi connectivity index (χ2v) is 9.95. The molecule has 0 saturated heterocycles. The van der Waals surface area contributed by atoms with Gasteiger partial charge in [-0.1, -0.05) is 12.1 Å². The summed E-state index contributed by atoms with van der Waals surface area (Å²) in [6.45, 7) is 3.25. The lowest BCUT2D eigenvalue weighted by molar-refractivity contribution is -0.123. The molecule has 1 aliphatic heterocycles. The maximum Gasteiger partial charge on any atom is 0.231 e. The normalized spacial score (nSPS) is 18.3. The number of carbonyl (C=O) groups excluding carboxylic acids is 2. The summed E-state index contributed by atoms with van der Waals surface area (Å²) in [5.41, 5.74) is 11.8. The van der Waals surface area contributed by atoms with Gasteiger partial charge < -0.3 is 26.3 Å². The van der Waals surface area contributed by atoms with E-state index in [0.717, 1.165) is 10.9 Å². The minimum absolute atomic E-state index is 0.0172. The zero-order chi connectivity index (χ0) is 26.5. The molecule has 4 aromatic rings. The zero-order valence-corrected chi connectivity index (χ0v) is 20.5. The SMILES string of the molecule is C[C@](O)(CCC(=O)c1ccc2cc(N)[nH]c2c1)c1cc2c(c(-c3ccc(F)cc3)n1)OC[C@]2(C)C(N)=O. The summed E-state index contributed by atoms with van der Waals surface area (Å²) in [5.74, 6) is -0.273. The highest BCUT2D eigenvalue weighted by atomic mass is 19.1. The molecule has 0 aliphatic carbocycles. The lowest BCUT2D eigenvalue weighted by atomic mass is 9.81. The van der Waals surface area contributed by atoms with Crippen LogP contribution >= 0.6 is 0 Å². The quantitative estimate of drug-likeness (QED) is 0.282. The molecular formula is C28H27FN4O4. The minimum Gasteiger partial charge on any atom is -0.489 e. The largest absolute Gasteiger partial charge is 0.489 e. The number of nitrogens with two attached hydrogens (primary N) is 2. The van der Waals surface area contributed by atoms with Crippen molar-refractivity contribution in [2.24, 2.45) is 5.73 Å². The summed E-state index contributed by atoms with van der Waals surface area (Å²) in [6.07, 6.45) is 0.114. The van der Waals surface area contributed by atoms with E-state index in [1.54, 1.807) is 50.2 Å². The number of nitrogen functional groups attached to an aromatic ring is 1. The molecule has 2 aromatic heterocycles. The fourth-order valence-corrected chi connectivity index (χ4v) is 4.62. The van der Waals surface area contributed by atoms with Crippen molar-refractivity contribution in [1.82, 2.24) is 9.97 Å². The molecule has 0 spiro atoms.